The molecule has 0 aliphatic carbocycles. The maximum absolute atomic E-state index is 4.93. The van der Waals surface area contributed by atoms with E-state index in [1.165, 1.54) is 105 Å². The number of hydrogen-bond donors (Lipinski definition) is 0. The van der Waals surface area contributed by atoms with E-state index in [1.807, 2.05) is 0 Å². The van der Waals surface area contributed by atoms with Gasteiger partial charge in [-0.2, -0.15) is 12.1 Å². The second-order valence-electron chi connectivity index (χ2n) is 14.6. The fourth-order valence-corrected chi connectivity index (χ4v) is 7.00. The summed E-state index contributed by atoms with van der Waals surface area (Å²) in [5.41, 5.74) is 11.5. The molecule has 0 atom stereocenters. The van der Waals surface area contributed by atoms with Gasteiger partial charge < -0.3 is 0 Å². The molecular weight excluding hydrogens is 767 g/mol. The minimum absolute atomic E-state index is 0.701. The average molecular weight is 827 g/mol. The molecule has 6 aromatic rings. The van der Waals surface area contributed by atoms with Crippen LogP contribution in [0, 0.1) is 11.8 Å². The first-order valence-electron chi connectivity index (χ1n) is 19.3. The van der Waals surface area contributed by atoms with Gasteiger partial charge in [0.2, 0.25) is 0 Å². The fraction of sp³-hybridized carbons (Fsp3) is 0.375. The third kappa shape index (κ3) is 13.6. The molecule has 0 unspecified atom stereocenters. The predicted octanol–water partition coefficient (Wildman–Crippen LogP) is 15.7. The van der Waals surface area contributed by atoms with Crippen molar-refractivity contribution < 1.29 is 20.8 Å². The molecule has 0 bridgehead atoms. The third-order valence-corrected chi connectivity index (χ3v) is 9.08. The van der Waals surface area contributed by atoms with Crippen LogP contribution in [0.5, 0.6) is 0 Å². The molecule has 0 saturated carbocycles. The Balaban J connectivity index is 0.000000244. The van der Waals surface area contributed by atoms with E-state index in [4.69, 9.17) is 17.0 Å². The summed E-state index contributed by atoms with van der Waals surface area (Å²) in [6.45, 7) is 18.0. The summed E-state index contributed by atoms with van der Waals surface area (Å²) in [7, 11) is 11.0. The summed E-state index contributed by atoms with van der Waals surface area (Å²) in [4.78, 5) is 0. The number of rotatable bonds is 12. The van der Waals surface area contributed by atoms with Crippen LogP contribution >= 0.6 is 17.0 Å². The van der Waals surface area contributed by atoms with Gasteiger partial charge in [-0.25, -0.2) is 0 Å². The van der Waals surface area contributed by atoms with E-state index < -0.39 is 20.8 Å². The standard InChI is InChI=1S/2C23H27.C2H6Si.2ClH.Zr/c2*1-4-5-9-20-12-13-21-15-18(14-17(2)3)16-22(21)23(20)19-10-7-6-8-11-19;1-3-2;;;/h2*6-8,10-13,15-17H,4-5,9,14H2,1-3H3;1-2H3;2*1H;/q2*-1;;;;+4/p-2. The predicted molar refractivity (Wildman–Crippen MR) is 233 cm³/mol. The summed E-state index contributed by atoms with van der Waals surface area (Å²) in [5, 5.41) is 5.64. The van der Waals surface area contributed by atoms with Crippen LogP contribution in [0.4, 0.5) is 0 Å². The zero-order chi connectivity index (χ0) is 37.9. The molecule has 0 saturated heterocycles. The minimum atomic E-state index is -0.826. The molecule has 6 aromatic carbocycles. The molecule has 0 aliphatic rings. The second-order valence-corrected chi connectivity index (χ2v) is 19.4. The summed E-state index contributed by atoms with van der Waals surface area (Å²) in [5.74, 6) is 1.40. The SMILES string of the molecule is CCCCc1ccc2[cH-]c(CC(C)C)cc2c1-c1ccccc1.CCCCc1ccc2[cH-]c(CC(C)C)cc2c1-c1ccccc1.C[Si]C.[Cl][Zr+2][Cl]. The Morgan fingerprint density at radius 2 is 0.923 bits per heavy atom. The molecule has 0 N–H and O–H groups in total. The van der Waals surface area contributed by atoms with Gasteiger partial charge in [0.05, 0.1) is 0 Å². The van der Waals surface area contributed by atoms with E-state index in [0.29, 0.717) is 11.8 Å². The van der Waals surface area contributed by atoms with Crippen LogP contribution in [-0.2, 0) is 46.5 Å². The number of halogens is 2. The van der Waals surface area contributed by atoms with E-state index in [9.17, 15) is 0 Å². The maximum atomic E-state index is 4.93. The summed E-state index contributed by atoms with van der Waals surface area (Å²) < 4.78 is 0. The number of hydrogen-bond acceptors (Lipinski definition) is 0. The molecular formula is C48H60Cl2SiZr. The molecule has 0 spiro atoms. The molecule has 4 heteroatoms. The van der Waals surface area contributed by atoms with Crippen LogP contribution in [0.3, 0.4) is 0 Å². The van der Waals surface area contributed by atoms with Crippen molar-refractivity contribution in [2.24, 2.45) is 11.8 Å². The molecule has 274 valence electrons. The summed E-state index contributed by atoms with van der Waals surface area (Å²) in [6.07, 6.45) is 9.65. The monoisotopic (exact) mass is 824 g/mol. The Labute approximate surface area is 338 Å². The van der Waals surface area contributed by atoms with Crippen LogP contribution in [0.1, 0.15) is 89.5 Å². The van der Waals surface area contributed by atoms with Gasteiger partial charge in [-0.1, -0.05) is 150 Å². The molecule has 0 nitrogen and oxygen atoms in total. The average Bonchev–Trinajstić information content (AvgIpc) is 3.73. The van der Waals surface area contributed by atoms with Gasteiger partial charge in [-0.3, -0.25) is 0 Å². The molecule has 0 amide bonds. The van der Waals surface area contributed by atoms with E-state index in [2.05, 4.69) is 164 Å². The van der Waals surface area contributed by atoms with Crippen LogP contribution < -0.4 is 0 Å². The normalized spacial score (nSPS) is 10.7. The third-order valence-electron chi connectivity index (χ3n) is 9.08. The van der Waals surface area contributed by atoms with Gasteiger partial charge in [0.15, 0.2) is 0 Å². The second kappa shape index (κ2) is 24.2. The van der Waals surface area contributed by atoms with E-state index >= 15 is 0 Å². The van der Waals surface area contributed by atoms with E-state index in [1.54, 1.807) is 0 Å². The number of aryl methyl sites for hydroxylation is 2. The first kappa shape index (κ1) is 44.2. The Hall–Kier alpha value is -2.22. The topological polar surface area (TPSA) is 0 Å². The zero-order valence-corrected chi connectivity index (χ0v) is 37.9. The van der Waals surface area contributed by atoms with E-state index in [0.717, 1.165) is 22.4 Å². The Morgan fingerprint density at radius 3 is 1.23 bits per heavy atom. The molecule has 0 heterocycles. The van der Waals surface area contributed by atoms with Crippen molar-refractivity contribution in [1.82, 2.24) is 0 Å². The number of unbranched alkanes of at least 4 members (excludes halogenated alkanes) is 2. The fourth-order valence-electron chi connectivity index (χ4n) is 7.00. The van der Waals surface area contributed by atoms with Gasteiger partial charge in [0.1, 0.15) is 0 Å². The summed E-state index contributed by atoms with van der Waals surface area (Å²) >= 11 is -0.826. The van der Waals surface area contributed by atoms with Crippen molar-refractivity contribution in [3.63, 3.8) is 0 Å². The Kier molecular flexibility index (Phi) is 20.6. The van der Waals surface area contributed by atoms with Crippen LogP contribution in [0.2, 0.25) is 13.1 Å². The van der Waals surface area contributed by atoms with Crippen molar-refractivity contribution in [2.45, 2.75) is 106 Å². The van der Waals surface area contributed by atoms with Crippen molar-refractivity contribution in [3.05, 3.63) is 131 Å². The Morgan fingerprint density at radius 1 is 0.577 bits per heavy atom. The van der Waals surface area contributed by atoms with Crippen LogP contribution in [0.25, 0.3) is 43.8 Å². The molecule has 0 aliphatic heterocycles. The van der Waals surface area contributed by atoms with Crippen molar-refractivity contribution in [3.8, 4) is 22.3 Å². The quantitative estimate of drug-likeness (QED) is 0.0852. The van der Waals surface area contributed by atoms with Gasteiger partial charge in [-0.05, 0) is 61.5 Å². The first-order valence-corrected chi connectivity index (χ1v) is 27.6. The molecule has 2 radical (unpaired) electrons. The van der Waals surface area contributed by atoms with Crippen molar-refractivity contribution in [2.75, 3.05) is 0 Å². The van der Waals surface area contributed by atoms with Crippen LogP contribution in [0.15, 0.2) is 109 Å². The molecule has 52 heavy (non-hydrogen) atoms. The van der Waals surface area contributed by atoms with Gasteiger partial charge in [0, 0.05) is 9.52 Å². The van der Waals surface area contributed by atoms with E-state index in [-0.39, 0.29) is 0 Å². The van der Waals surface area contributed by atoms with Crippen molar-refractivity contribution >= 4 is 48.1 Å². The summed E-state index contributed by atoms with van der Waals surface area (Å²) in [6, 6.07) is 40.7. The molecule has 0 aromatic heterocycles. The first-order chi connectivity index (χ1) is 25.2. The van der Waals surface area contributed by atoms with Crippen molar-refractivity contribution in [1.29, 1.82) is 0 Å². The van der Waals surface area contributed by atoms with Gasteiger partial charge in [-0.15, -0.1) is 69.1 Å². The van der Waals surface area contributed by atoms with Gasteiger partial charge in [0.25, 0.3) is 0 Å². The number of fused-ring (bicyclic) bond motifs is 2. The van der Waals surface area contributed by atoms with Crippen LogP contribution in [-0.4, -0.2) is 9.52 Å². The number of benzene rings is 4. The zero-order valence-electron chi connectivity index (χ0n) is 33.0. The Bertz CT molecular complexity index is 1710. The molecule has 0 fully saturated rings. The van der Waals surface area contributed by atoms with Gasteiger partial charge >= 0.3 is 37.9 Å². The molecule has 6 rings (SSSR count).